The Morgan fingerprint density at radius 3 is 1.81 bits per heavy atom. The molecule has 0 saturated carbocycles. The second kappa shape index (κ2) is 10.5. The molecule has 32 heavy (non-hydrogen) atoms. The van der Waals surface area contributed by atoms with Crippen molar-refractivity contribution in [1.29, 1.82) is 0 Å². The predicted molar refractivity (Wildman–Crippen MR) is 126 cm³/mol. The number of nitrogens with zero attached hydrogens (tertiary/aromatic N) is 1. The maximum atomic E-state index is 9.49. The minimum Gasteiger partial charge on any atom is -0.506 e. The SMILES string of the molecule is CC(Cc1ccc(O)cn1)c1cc(OCc2ccccc2)cc(OCc2ccccc2)c1. The number of hydrogen-bond donors (Lipinski definition) is 1. The molecule has 0 saturated heterocycles. The lowest BCUT2D eigenvalue weighted by molar-refractivity contribution is 0.289. The van der Waals surface area contributed by atoms with Crippen LogP contribution in [-0.2, 0) is 19.6 Å². The summed E-state index contributed by atoms with van der Waals surface area (Å²) in [6, 6.07) is 29.9. The standard InChI is InChI=1S/C28H27NO3/c1-21(14-25-12-13-26(30)18-29-25)24-15-27(31-19-22-8-4-2-5-9-22)17-28(16-24)32-20-23-10-6-3-7-11-23/h2-13,15-18,21,30H,14,19-20H2,1H3. The average molecular weight is 426 g/mol. The maximum absolute atomic E-state index is 9.49. The van der Waals surface area contributed by atoms with E-state index in [9.17, 15) is 5.11 Å². The van der Waals surface area contributed by atoms with Gasteiger partial charge in [-0.2, -0.15) is 0 Å². The van der Waals surface area contributed by atoms with Crippen molar-refractivity contribution in [2.45, 2.75) is 32.5 Å². The van der Waals surface area contributed by atoms with Crippen molar-refractivity contribution in [2.24, 2.45) is 0 Å². The van der Waals surface area contributed by atoms with Crippen LogP contribution in [0.4, 0.5) is 0 Å². The van der Waals surface area contributed by atoms with Gasteiger partial charge in [0.15, 0.2) is 0 Å². The first-order chi connectivity index (χ1) is 15.7. The van der Waals surface area contributed by atoms with Crippen molar-refractivity contribution in [1.82, 2.24) is 4.98 Å². The molecule has 0 spiro atoms. The van der Waals surface area contributed by atoms with E-state index in [1.54, 1.807) is 6.07 Å². The molecule has 4 aromatic rings. The fraction of sp³-hybridized carbons (Fsp3) is 0.179. The third kappa shape index (κ3) is 6.11. The molecule has 0 amide bonds. The molecule has 3 aromatic carbocycles. The zero-order chi connectivity index (χ0) is 22.2. The Hall–Kier alpha value is -3.79. The molecule has 1 heterocycles. The molecule has 0 radical (unpaired) electrons. The van der Waals surface area contributed by atoms with Crippen molar-refractivity contribution in [2.75, 3.05) is 0 Å². The quantitative estimate of drug-likeness (QED) is 0.342. The Morgan fingerprint density at radius 2 is 1.31 bits per heavy atom. The highest BCUT2D eigenvalue weighted by Gasteiger charge is 2.12. The van der Waals surface area contributed by atoms with E-state index in [-0.39, 0.29) is 11.7 Å². The number of aromatic hydroxyl groups is 1. The summed E-state index contributed by atoms with van der Waals surface area (Å²) in [6.45, 7) is 3.15. The molecule has 1 unspecified atom stereocenters. The van der Waals surface area contributed by atoms with Crippen LogP contribution >= 0.6 is 0 Å². The van der Waals surface area contributed by atoms with Crippen molar-refractivity contribution in [3.63, 3.8) is 0 Å². The first-order valence-corrected chi connectivity index (χ1v) is 10.8. The van der Waals surface area contributed by atoms with Gasteiger partial charge in [0.2, 0.25) is 0 Å². The number of benzene rings is 3. The molecular weight excluding hydrogens is 398 g/mol. The molecule has 4 rings (SSSR count). The van der Waals surface area contributed by atoms with Crippen molar-refractivity contribution < 1.29 is 14.6 Å². The van der Waals surface area contributed by atoms with Crippen molar-refractivity contribution in [3.05, 3.63) is 120 Å². The smallest absolute Gasteiger partial charge is 0.133 e. The molecule has 0 aliphatic rings. The Balaban J connectivity index is 1.53. The molecular formula is C28H27NO3. The maximum Gasteiger partial charge on any atom is 0.133 e. The van der Waals surface area contributed by atoms with Crippen LogP contribution in [0, 0.1) is 0 Å². The van der Waals surface area contributed by atoms with E-state index >= 15 is 0 Å². The first-order valence-electron chi connectivity index (χ1n) is 10.8. The lowest BCUT2D eigenvalue weighted by Crippen LogP contribution is -2.03. The Bertz CT molecular complexity index is 1050. The summed E-state index contributed by atoms with van der Waals surface area (Å²) >= 11 is 0. The molecule has 4 heteroatoms. The van der Waals surface area contributed by atoms with Crippen LogP contribution in [0.3, 0.4) is 0 Å². The molecule has 0 bridgehead atoms. The summed E-state index contributed by atoms with van der Waals surface area (Å²) in [5.41, 5.74) is 4.28. The van der Waals surface area contributed by atoms with E-state index in [1.807, 2.05) is 48.5 Å². The van der Waals surface area contributed by atoms with E-state index in [0.29, 0.717) is 13.2 Å². The highest BCUT2D eigenvalue weighted by molar-refractivity contribution is 5.40. The summed E-state index contributed by atoms with van der Waals surface area (Å²) in [5.74, 6) is 1.93. The minimum atomic E-state index is 0.175. The van der Waals surface area contributed by atoms with Gasteiger partial charge in [0.1, 0.15) is 30.5 Å². The van der Waals surface area contributed by atoms with Crippen LogP contribution in [0.2, 0.25) is 0 Å². The van der Waals surface area contributed by atoms with Gasteiger partial charge in [-0.05, 0) is 53.3 Å². The summed E-state index contributed by atoms with van der Waals surface area (Å²) < 4.78 is 12.2. The third-order valence-corrected chi connectivity index (χ3v) is 5.29. The van der Waals surface area contributed by atoms with E-state index in [0.717, 1.165) is 40.3 Å². The molecule has 1 N–H and O–H groups in total. The molecule has 4 nitrogen and oxygen atoms in total. The van der Waals surface area contributed by atoms with Gasteiger partial charge in [0.25, 0.3) is 0 Å². The summed E-state index contributed by atoms with van der Waals surface area (Å²) in [5, 5.41) is 9.49. The fourth-order valence-electron chi connectivity index (χ4n) is 3.50. The second-order valence-electron chi connectivity index (χ2n) is 7.90. The molecule has 0 aliphatic heterocycles. The van der Waals surface area contributed by atoms with Crippen LogP contribution in [0.15, 0.2) is 97.2 Å². The van der Waals surface area contributed by atoms with Crippen LogP contribution in [0.25, 0.3) is 0 Å². The zero-order valence-electron chi connectivity index (χ0n) is 18.1. The number of hydrogen-bond acceptors (Lipinski definition) is 4. The van der Waals surface area contributed by atoms with E-state index in [2.05, 4.69) is 48.3 Å². The van der Waals surface area contributed by atoms with E-state index in [4.69, 9.17) is 9.47 Å². The van der Waals surface area contributed by atoms with Crippen molar-refractivity contribution >= 4 is 0 Å². The summed E-state index contributed by atoms with van der Waals surface area (Å²) in [7, 11) is 0. The third-order valence-electron chi connectivity index (χ3n) is 5.29. The van der Waals surface area contributed by atoms with Gasteiger partial charge in [-0.1, -0.05) is 67.6 Å². The molecule has 1 atom stereocenters. The highest BCUT2D eigenvalue weighted by atomic mass is 16.5. The summed E-state index contributed by atoms with van der Waals surface area (Å²) in [6.07, 6.45) is 2.23. The Labute approximate surface area is 189 Å². The van der Waals surface area contributed by atoms with E-state index < -0.39 is 0 Å². The van der Waals surface area contributed by atoms with Gasteiger partial charge in [0.05, 0.1) is 6.20 Å². The molecule has 1 aromatic heterocycles. The van der Waals surface area contributed by atoms with Gasteiger partial charge in [-0.15, -0.1) is 0 Å². The number of rotatable bonds is 9. The molecule has 0 aliphatic carbocycles. The zero-order valence-corrected chi connectivity index (χ0v) is 18.1. The topological polar surface area (TPSA) is 51.6 Å². The first kappa shape index (κ1) is 21.4. The van der Waals surface area contributed by atoms with Gasteiger partial charge in [0, 0.05) is 11.8 Å². The second-order valence-corrected chi connectivity index (χ2v) is 7.90. The minimum absolute atomic E-state index is 0.175. The number of pyridine rings is 1. The predicted octanol–water partition coefficient (Wildman–Crippen LogP) is 6.29. The molecule has 162 valence electrons. The van der Waals surface area contributed by atoms with Gasteiger partial charge in [-0.25, -0.2) is 0 Å². The normalized spacial score (nSPS) is 11.7. The van der Waals surface area contributed by atoms with Crippen molar-refractivity contribution in [3.8, 4) is 17.2 Å². The van der Waals surface area contributed by atoms with E-state index in [1.165, 1.54) is 6.20 Å². The average Bonchev–Trinajstić information content (AvgIpc) is 2.84. The Kier molecular flexibility index (Phi) is 7.03. The van der Waals surface area contributed by atoms with Gasteiger partial charge < -0.3 is 14.6 Å². The summed E-state index contributed by atoms with van der Waals surface area (Å²) in [4.78, 5) is 4.33. The van der Waals surface area contributed by atoms with Crippen LogP contribution < -0.4 is 9.47 Å². The van der Waals surface area contributed by atoms with Crippen LogP contribution in [-0.4, -0.2) is 10.1 Å². The fourth-order valence-corrected chi connectivity index (χ4v) is 3.50. The lowest BCUT2D eigenvalue weighted by atomic mass is 9.95. The molecule has 0 fully saturated rings. The largest absolute Gasteiger partial charge is 0.506 e. The highest BCUT2D eigenvalue weighted by Crippen LogP contribution is 2.30. The lowest BCUT2D eigenvalue weighted by Gasteiger charge is -2.17. The van der Waals surface area contributed by atoms with Gasteiger partial charge in [-0.3, -0.25) is 4.98 Å². The number of ether oxygens (including phenoxy) is 2. The van der Waals surface area contributed by atoms with Crippen LogP contribution in [0.5, 0.6) is 17.2 Å². The Morgan fingerprint density at radius 1 is 0.750 bits per heavy atom. The van der Waals surface area contributed by atoms with Crippen LogP contribution in [0.1, 0.15) is 35.2 Å². The number of aromatic nitrogens is 1. The van der Waals surface area contributed by atoms with Gasteiger partial charge >= 0.3 is 0 Å². The monoisotopic (exact) mass is 425 g/mol.